The van der Waals surface area contributed by atoms with Gasteiger partial charge in [0.15, 0.2) is 0 Å². The number of aryl methyl sites for hydroxylation is 1. The maximum absolute atomic E-state index is 6.39. The predicted octanol–water partition coefficient (Wildman–Crippen LogP) is 3.22. The Kier molecular flexibility index (Phi) is 3.70. The SMILES string of the molecule is CCc1ccccc1C(N)(CC)CC. The monoisotopic (exact) mass is 191 g/mol. The van der Waals surface area contributed by atoms with Crippen molar-refractivity contribution in [2.45, 2.75) is 45.6 Å². The van der Waals surface area contributed by atoms with Crippen LogP contribution in [0.1, 0.15) is 44.7 Å². The van der Waals surface area contributed by atoms with Crippen LogP contribution in [0.5, 0.6) is 0 Å². The molecule has 1 rings (SSSR count). The lowest BCUT2D eigenvalue weighted by atomic mass is 9.82. The van der Waals surface area contributed by atoms with Crippen LogP contribution in [0.2, 0.25) is 0 Å². The van der Waals surface area contributed by atoms with E-state index in [0.29, 0.717) is 0 Å². The van der Waals surface area contributed by atoms with Crippen LogP contribution in [0.15, 0.2) is 24.3 Å². The third-order valence-electron chi connectivity index (χ3n) is 3.20. The van der Waals surface area contributed by atoms with Gasteiger partial charge in [-0.1, -0.05) is 45.0 Å². The van der Waals surface area contributed by atoms with Crippen molar-refractivity contribution in [2.24, 2.45) is 5.73 Å². The molecule has 0 aliphatic heterocycles. The van der Waals surface area contributed by atoms with Gasteiger partial charge >= 0.3 is 0 Å². The number of nitrogens with two attached hydrogens (primary N) is 1. The van der Waals surface area contributed by atoms with Crippen LogP contribution in [-0.4, -0.2) is 0 Å². The zero-order chi connectivity index (χ0) is 10.6. The fraction of sp³-hybridized carbons (Fsp3) is 0.538. The van der Waals surface area contributed by atoms with Crippen LogP contribution < -0.4 is 5.73 Å². The van der Waals surface area contributed by atoms with Crippen molar-refractivity contribution in [3.05, 3.63) is 35.4 Å². The fourth-order valence-corrected chi connectivity index (χ4v) is 1.95. The standard InChI is InChI=1S/C13H21N/c1-4-11-9-7-8-10-12(11)13(14,5-2)6-3/h7-10H,4-6,14H2,1-3H3. The van der Waals surface area contributed by atoms with Crippen LogP contribution in [-0.2, 0) is 12.0 Å². The van der Waals surface area contributed by atoms with E-state index in [9.17, 15) is 0 Å². The molecule has 1 heteroatoms. The van der Waals surface area contributed by atoms with Gasteiger partial charge < -0.3 is 5.73 Å². The van der Waals surface area contributed by atoms with Crippen LogP contribution in [0.25, 0.3) is 0 Å². The summed E-state index contributed by atoms with van der Waals surface area (Å²) in [6.45, 7) is 6.51. The molecule has 78 valence electrons. The van der Waals surface area contributed by atoms with Gasteiger partial charge in [-0.2, -0.15) is 0 Å². The summed E-state index contributed by atoms with van der Waals surface area (Å²) in [7, 11) is 0. The molecule has 14 heavy (non-hydrogen) atoms. The number of benzene rings is 1. The summed E-state index contributed by atoms with van der Waals surface area (Å²) in [5.74, 6) is 0. The maximum atomic E-state index is 6.39. The highest BCUT2D eigenvalue weighted by atomic mass is 14.7. The van der Waals surface area contributed by atoms with Gasteiger partial charge in [-0.3, -0.25) is 0 Å². The topological polar surface area (TPSA) is 26.0 Å². The summed E-state index contributed by atoms with van der Waals surface area (Å²) in [5, 5.41) is 0. The Balaban J connectivity index is 3.15. The van der Waals surface area contributed by atoms with Crippen molar-refractivity contribution >= 4 is 0 Å². The first kappa shape index (κ1) is 11.3. The van der Waals surface area contributed by atoms with E-state index in [1.165, 1.54) is 11.1 Å². The Bertz CT molecular complexity index is 287. The summed E-state index contributed by atoms with van der Waals surface area (Å²) in [6, 6.07) is 8.53. The van der Waals surface area contributed by atoms with E-state index >= 15 is 0 Å². The average molecular weight is 191 g/mol. The molecule has 0 radical (unpaired) electrons. The van der Waals surface area contributed by atoms with Gasteiger partial charge in [0.1, 0.15) is 0 Å². The molecular formula is C13H21N. The lowest BCUT2D eigenvalue weighted by Gasteiger charge is -2.29. The highest BCUT2D eigenvalue weighted by Crippen LogP contribution is 2.28. The van der Waals surface area contributed by atoms with Crippen molar-refractivity contribution in [3.63, 3.8) is 0 Å². The summed E-state index contributed by atoms with van der Waals surface area (Å²) >= 11 is 0. The minimum Gasteiger partial charge on any atom is -0.321 e. The van der Waals surface area contributed by atoms with E-state index in [1.807, 2.05) is 0 Å². The Labute approximate surface area is 87.3 Å². The first-order chi connectivity index (χ1) is 6.68. The third kappa shape index (κ3) is 1.98. The van der Waals surface area contributed by atoms with Gasteiger partial charge in [0, 0.05) is 5.54 Å². The third-order valence-corrected chi connectivity index (χ3v) is 3.20. The van der Waals surface area contributed by atoms with Crippen molar-refractivity contribution in [2.75, 3.05) is 0 Å². The molecule has 0 amide bonds. The molecule has 0 unspecified atom stereocenters. The van der Waals surface area contributed by atoms with E-state index in [-0.39, 0.29) is 5.54 Å². The average Bonchev–Trinajstić information content (AvgIpc) is 2.28. The van der Waals surface area contributed by atoms with Crippen LogP contribution >= 0.6 is 0 Å². The van der Waals surface area contributed by atoms with Crippen molar-refractivity contribution in [1.82, 2.24) is 0 Å². The molecular weight excluding hydrogens is 170 g/mol. The predicted molar refractivity (Wildman–Crippen MR) is 62.3 cm³/mol. The normalized spacial score (nSPS) is 11.7. The summed E-state index contributed by atoms with van der Waals surface area (Å²) < 4.78 is 0. The van der Waals surface area contributed by atoms with Crippen LogP contribution in [0.3, 0.4) is 0 Å². The van der Waals surface area contributed by atoms with E-state index < -0.39 is 0 Å². The zero-order valence-electron chi connectivity index (χ0n) is 9.51. The van der Waals surface area contributed by atoms with Crippen molar-refractivity contribution < 1.29 is 0 Å². The van der Waals surface area contributed by atoms with Crippen molar-refractivity contribution in [3.8, 4) is 0 Å². The van der Waals surface area contributed by atoms with Gasteiger partial charge in [0.2, 0.25) is 0 Å². The van der Waals surface area contributed by atoms with Gasteiger partial charge in [0.05, 0.1) is 0 Å². The molecule has 0 saturated heterocycles. The van der Waals surface area contributed by atoms with E-state index in [2.05, 4.69) is 45.0 Å². The number of rotatable bonds is 4. The van der Waals surface area contributed by atoms with E-state index in [0.717, 1.165) is 19.3 Å². The molecule has 0 fully saturated rings. The summed E-state index contributed by atoms with van der Waals surface area (Å²) in [5.41, 5.74) is 8.98. The second-order valence-corrected chi connectivity index (χ2v) is 3.87. The number of hydrogen-bond acceptors (Lipinski definition) is 1. The lowest BCUT2D eigenvalue weighted by Crippen LogP contribution is -2.36. The number of hydrogen-bond donors (Lipinski definition) is 1. The Hall–Kier alpha value is -0.820. The van der Waals surface area contributed by atoms with Crippen LogP contribution in [0, 0.1) is 0 Å². The highest BCUT2D eigenvalue weighted by molar-refractivity contribution is 5.33. The zero-order valence-corrected chi connectivity index (χ0v) is 9.51. The van der Waals surface area contributed by atoms with Gasteiger partial charge in [-0.15, -0.1) is 0 Å². The molecule has 1 nitrogen and oxygen atoms in total. The Morgan fingerprint density at radius 2 is 1.64 bits per heavy atom. The quantitative estimate of drug-likeness (QED) is 0.777. The van der Waals surface area contributed by atoms with Gasteiger partial charge in [-0.25, -0.2) is 0 Å². The minimum absolute atomic E-state index is 0.132. The summed E-state index contributed by atoms with van der Waals surface area (Å²) in [6.07, 6.45) is 3.07. The van der Waals surface area contributed by atoms with Gasteiger partial charge in [0.25, 0.3) is 0 Å². The molecule has 0 spiro atoms. The second kappa shape index (κ2) is 4.61. The fourth-order valence-electron chi connectivity index (χ4n) is 1.95. The molecule has 0 atom stereocenters. The molecule has 0 heterocycles. The molecule has 0 bridgehead atoms. The Morgan fingerprint density at radius 1 is 1.07 bits per heavy atom. The van der Waals surface area contributed by atoms with E-state index in [4.69, 9.17) is 5.73 Å². The molecule has 0 aliphatic carbocycles. The molecule has 0 aromatic heterocycles. The second-order valence-electron chi connectivity index (χ2n) is 3.87. The molecule has 1 aromatic rings. The molecule has 1 aromatic carbocycles. The van der Waals surface area contributed by atoms with Crippen molar-refractivity contribution in [1.29, 1.82) is 0 Å². The largest absolute Gasteiger partial charge is 0.321 e. The molecule has 2 N–H and O–H groups in total. The van der Waals surface area contributed by atoms with Crippen LogP contribution in [0.4, 0.5) is 0 Å². The first-order valence-electron chi connectivity index (χ1n) is 5.55. The molecule has 0 aliphatic rings. The highest BCUT2D eigenvalue weighted by Gasteiger charge is 2.24. The minimum atomic E-state index is -0.132. The summed E-state index contributed by atoms with van der Waals surface area (Å²) in [4.78, 5) is 0. The lowest BCUT2D eigenvalue weighted by molar-refractivity contribution is 0.409. The smallest absolute Gasteiger partial charge is 0.0407 e. The maximum Gasteiger partial charge on any atom is 0.0407 e. The molecule has 0 saturated carbocycles. The first-order valence-corrected chi connectivity index (χ1v) is 5.55. The Morgan fingerprint density at radius 3 is 2.14 bits per heavy atom. The van der Waals surface area contributed by atoms with E-state index in [1.54, 1.807) is 0 Å². The van der Waals surface area contributed by atoms with Gasteiger partial charge in [-0.05, 0) is 30.4 Å².